The first-order valence-electron chi connectivity index (χ1n) is 18.0. The molecule has 0 spiro atoms. The quantitative estimate of drug-likeness (QED) is 0.133. The van der Waals surface area contributed by atoms with Crippen molar-refractivity contribution in [3.05, 3.63) is 174 Å². The van der Waals surface area contributed by atoms with E-state index in [1.165, 1.54) is 0 Å². The third kappa shape index (κ3) is 6.25. The summed E-state index contributed by atoms with van der Waals surface area (Å²) in [6.07, 6.45) is 6.28. The molecule has 2 aliphatic rings. The van der Waals surface area contributed by atoms with Gasteiger partial charge in [-0.25, -0.2) is 0 Å². The van der Waals surface area contributed by atoms with E-state index >= 15 is 0 Å². The lowest BCUT2D eigenvalue weighted by Crippen LogP contribution is -2.44. The van der Waals surface area contributed by atoms with Gasteiger partial charge in [-0.3, -0.25) is 19.2 Å². The number of amides is 2. The second-order valence-electron chi connectivity index (χ2n) is 13.6. The van der Waals surface area contributed by atoms with Crippen LogP contribution in [0.2, 0.25) is 0 Å². The number of carbonyl (C=O) groups is 2. The van der Waals surface area contributed by atoms with E-state index in [1.807, 2.05) is 141 Å². The number of aliphatic hydroxyl groups is 2. The fraction of sp³-hybridized carbons (Fsp3) is 0.182. The molecule has 2 N–H and O–H groups in total. The van der Waals surface area contributed by atoms with Gasteiger partial charge in [0.15, 0.2) is 11.4 Å². The first-order valence-corrected chi connectivity index (χ1v) is 18.0. The molecule has 3 atom stereocenters. The van der Waals surface area contributed by atoms with Crippen LogP contribution in [0.4, 0.5) is 17.1 Å². The predicted octanol–water partition coefficient (Wildman–Crippen LogP) is 7.50. The maximum atomic E-state index is 14.2. The van der Waals surface area contributed by atoms with E-state index in [0.29, 0.717) is 58.3 Å². The SMILES string of the molecule is C[C@@H](/C=C/CCn1cc(C(CO)c2ccccc2)nn1)[C@]1(O)C(=O)N(Cc2ccc(N3C(=O)c4ccccc4Oc4ccccc43)cc2)c2ccccc21. The summed E-state index contributed by atoms with van der Waals surface area (Å²) in [5, 5.41) is 30.7. The fourth-order valence-electron chi connectivity index (χ4n) is 7.34. The van der Waals surface area contributed by atoms with Crippen LogP contribution in [0.5, 0.6) is 11.5 Å². The zero-order chi connectivity index (χ0) is 37.2. The van der Waals surface area contributed by atoms with E-state index in [2.05, 4.69) is 10.3 Å². The molecular formula is C44H39N5O5. The molecule has 0 saturated heterocycles. The highest BCUT2D eigenvalue weighted by molar-refractivity contribution is 6.14. The van der Waals surface area contributed by atoms with Crippen molar-refractivity contribution in [2.45, 2.75) is 38.0 Å². The van der Waals surface area contributed by atoms with Crippen molar-refractivity contribution in [3.8, 4) is 11.5 Å². The van der Waals surface area contributed by atoms with Crippen LogP contribution < -0.4 is 14.5 Å². The molecular weight excluding hydrogens is 679 g/mol. The Kier molecular flexibility index (Phi) is 9.37. The topological polar surface area (TPSA) is 121 Å². The van der Waals surface area contributed by atoms with Crippen LogP contribution >= 0.6 is 0 Å². The van der Waals surface area contributed by atoms with Gasteiger partial charge in [0.2, 0.25) is 0 Å². The molecule has 10 nitrogen and oxygen atoms in total. The van der Waals surface area contributed by atoms with Crippen molar-refractivity contribution in [2.75, 3.05) is 16.4 Å². The van der Waals surface area contributed by atoms with E-state index < -0.39 is 17.4 Å². The van der Waals surface area contributed by atoms with Gasteiger partial charge in [0.1, 0.15) is 5.75 Å². The molecule has 0 radical (unpaired) electrons. The molecule has 1 unspecified atom stereocenters. The van der Waals surface area contributed by atoms with Gasteiger partial charge in [-0.1, -0.05) is 109 Å². The summed E-state index contributed by atoms with van der Waals surface area (Å²) in [5.41, 5.74) is 3.72. The smallest absolute Gasteiger partial charge is 0.266 e. The summed E-state index contributed by atoms with van der Waals surface area (Å²) in [5.74, 6) is -0.314. The van der Waals surface area contributed by atoms with E-state index in [4.69, 9.17) is 4.74 Å². The number of hydrogen-bond acceptors (Lipinski definition) is 7. The largest absolute Gasteiger partial charge is 0.454 e. The van der Waals surface area contributed by atoms with Gasteiger partial charge in [0, 0.05) is 29.9 Å². The number of nitrogens with zero attached hydrogens (tertiary/aromatic N) is 5. The minimum absolute atomic E-state index is 0.0730. The molecule has 0 fully saturated rings. The summed E-state index contributed by atoms with van der Waals surface area (Å²) in [6, 6.07) is 39.3. The molecule has 54 heavy (non-hydrogen) atoms. The molecule has 270 valence electrons. The van der Waals surface area contributed by atoms with E-state index in [0.717, 1.165) is 11.1 Å². The summed E-state index contributed by atoms with van der Waals surface area (Å²) >= 11 is 0. The lowest BCUT2D eigenvalue weighted by Gasteiger charge is -2.28. The van der Waals surface area contributed by atoms with E-state index in [9.17, 15) is 19.8 Å². The molecule has 0 aliphatic carbocycles. The number of carbonyl (C=O) groups excluding carboxylic acids is 2. The standard InChI is InChI=1S/C44H39N5O5/c1-30(13-11-12-26-47-28-37(45-46-47)35(29-50)32-14-3-2-4-15-32)44(53)36-17-6-7-18-38(36)48(43(44)52)27-31-22-24-33(25-23-31)49-39-19-8-10-21-41(39)54-40-20-9-5-16-34(40)42(49)51/h2-11,13-25,28,30,35,50,53H,12,26-27,29H2,1H3/b13-11+/t30-,35?,44+/m0/s1. The molecule has 5 aromatic carbocycles. The van der Waals surface area contributed by atoms with Crippen LogP contribution in [-0.4, -0.2) is 43.6 Å². The number of hydrogen-bond donors (Lipinski definition) is 2. The number of rotatable bonds is 11. The zero-order valence-corrected chi connectivity index (χ0v) is 29.7. The van der Waals surface area contributed by atoms with Gasteiger partial charge >= 0.3 is 0 Å². The number of anilines is 3. The van der Waals surface area contributed by atoms with Crippen LogP contribution in [-0.2, 0) is 23.5 Å². The number of ether oxygens (including phenoxy) is 1. The number of allylic oxidation sites excluding steroid dienone is 1. The maximum absolute atomic E-state index is 14.2. The number of para-hydroxylation sites is 4. The monoisotopic (exact) mass is 717 g/mol. The average molecular weight is 718 g/mol. The molecule has 3 heterocycles. The molecule has 2 amide bonds. The Morgan fingerprint density at radius 2 is 1.50 bits per heavy atom. The number of benzene rings is 5. The number of fused-ring (bicyclic) bond motifs is 3. The highest BCUT2D eigenvalue weighted by atomic mass is 16.5. The van der Waals surface area contributed by atoms with Crippen molar-refractivity contribution >= 4 is 28.9 Å². The summed E-state index contributed by atoms with van der Waals surface area (Å²) in [7, 11) is 0. The maximum Gasteiger partial charge on any atom is 0.266 e. The number of aromatic nitrogens is 3. The van der Waals surface area contributed by atoms with E-state index in [1.54, 1.807) is 26.6 Å². The van der Waals surface area contributed by atoms with Crippen LogP contribution in [0, 0.1) is 5.92 Å². The van der Waals surface area contributed by atoms with Gasteiger partial charge in [-0.05, 0) is 60.0 Å². The first kappa shape index (κ1) is 34.7. The fourth-order valence-corrected chi connectivity index (χ4v) is 7.34. The molecule has 0 bridgehead atoms. The number of aryl methyl sites for hydroxylation is 1. The van der Waals surface area contributed by atoms with Crippen molar-refractivity contribution in [3.63, 3.8) is 0 Å². The van der Waals surface area contributed by atoms with Crippen molar-refractivity contribution < 1.29 is 24.5 Å². The Bertz CT molecular complexity index is 2340. The highest BCUT2D eigenvalue weighted by Gasteiger charge is 2.52. The molecule has 0 saturated carbocycles. The Hall–Kier alpha value is -6.36. The zero-order valence-electron chi connectivity index (χ0n) is 29.7. The van der Waals surface area contributed by atoms with Gasteiger partial charge < -0.3 is 19.8 Å². The molecule has 8 rings (SSSR count). The van der Waals surface area contributed by atoms with Crippen molar-refractivity contribution in [1.29, 1.82) is 0 Å². The normalized spacial score (nSPS) is 17.5. The molecule has 1 aromatic heterocycles. The lowest BCUT2D eigenvalue weighted by molar-refractivity contribution is -0.139. The summed E-state index contributed by atoms with van der Waals surface area (Å²) in [4.78, 5) is 31.3. The van der Waals surface area contributed by atoms with Gasteiger partial charge in [-0.15, -0.1) is 5.10 Å². The van der Waals surface area contributed by atoms with E-state index in [-0.39, 0.29) is 25.0 Å². The Morgan fingerprint density at radius 1 is 0.815 bits per heavy atom. The highest BCUT2D eigenvalue weighted by Crippen LogP contribution is 2.46. The third-order valence-corrected chi connectivity index (χ3v) is 10.3. The van der Waals surface area contributed by atoms with Crippen LogP contribution in [0.3, 0.4) is 0 Å². The molecule has 2 aliphatic heterocycles. The Labute approximate surface area is 313 Å². The van der Waals surface area contributed by atoms with Crippen LogP contribution in [0.1, 0.15) is 52.0 Å². The van der Waals surface area contributed by atoms with Gasteiger partial charge in [0.05, 0.1) is 41.7 Å². The Morgan fingerprint density at radius 3 is 2.28 bits per heavy atom. The lowest BCUT2D eigenvalue weighted by atomic mass is 9.83. The van der Waals surface area contributed by atoms with Crippen molar-refractivity contribution in [2.24, 2.45) is 5.92 Å². The summed E-state index contributed by atoms with van der Waals surface area (Å²) < 4.78 is 7.89. The predicted molar refractivity (Wildman–Crippen MR) is 206 cm³/mol. The molecule has 6 aromatic rings. The Balaban J connectivity index is 0.971. The minimum Gasteiger partial charge on any atom is -0.454 e. The van der Waals surface area contributed by atoms with Crippen molar-refractivity contribution in [1.82, 2.24) is 15.0 Å². The van der Waals surface area contributed by atoms with Gasteiger partial charge in [-0.2, -0.15) is 0 Å². The average Bonchev–Trinajstić information content (AvgIpc) is 3.72. The third-order valence-electron chi connectivity index (χ3n) is 10.3. The molecule has 10 heteroatoms. The van der Waals surface area contributed by atoms with Gasteiger partial charge in [0.25, 0.3) is 11.8 Å². The summed E-state index contributed by atoms with van der Waals surface area (Å²) in [6.45, 7) is 2.55. The first-order chi connectivity index (χ1) is 26.4. The minimum atomic E-state index is -1.76. The number of aliphatic hydroxyl groups excluding tert-OH is 1. The van der Waals surface area contributed by atoms with Crippen LogP contribution in [0.25, 0.3) is 0 Å². The second-order valence-corrected chi connectivity index (χ2v) is 13.6. The van der Waals surface area contributed by atoms with Crippen LogP contribution in [0.15, 0.2) is 146 Å². The second kappa shape index (κ2) is 14.6.